The number of hydrogen-bond acceptors (Lipinski definition) is 2. The van der Waals surface area contributed by atoms with Gasteiger partial charge in [-0.3, -0.25) is 0 Å². The van der Waals surface area contributed by atoms with Crippen molar-refractivity contribution in [3.8, 4) is 5.75 Å². The number of para-hydroxylation sites is 1. The van der Waals surface area contributed by atoms with Crippen molar-refractivity contribution >= 4 is 22.7 Å². The highest BCUT2D eigenvalue weighted by molar-refractivity contribution is 9.08. The minimum absolute atomic E-state index is 0.356. The van der Waals surface area contributed by atoms with Crippen LogP contribution in [0, 0.1) is 0 Å². The first-order valence-corrected chi connectivity index (χ1v) is 4.08. The van der Waals surface area contributed by atoms with Crippen molar-refractivity contribution in [1.82, 2.24) is 0 Å². The van der Waals surface area contributed by atoms with Gasteiger partial charge in [0.05, 0.1) is 0 Å². The topological polar surface area (TPSA) is 37.3 Å². The average molecular weight is 217 g/mol. The molecule has 1 rings (SSSR count). The normalized spacial score (nSPS) is 8.09. The van der Waals surface area contributed by atoms with E-state index in [1.54, 1.807) is 6.07 Å². The van der Waals surface area contributed by atoms with Crippen LogP contribution < -0.4 is 0 Å². The molecule has 0 spiro atoms. The molecule has 0 amide bonds. The molecule has 0 radical (unpaired) electrons. The Labute approximate surface area is 74.0 Å². The van der Waals surface area contributed by atoms with Gasteiger partial charge < -0.3 is 9.90 Å². The summed E-state index contributed by atoms with van der Waals surface area (Å²) < 4.78 is 0. The van der Waals surface area contributed by atoms with Crippen molar-refractivity contribution in [1.29, 1.82) is 0 Å². The number of aromatic hydroxyl groups is 1. The van der Waals surface area contributed by atoms with Crippen LogP contribution in [0.2, 0.25) is 0 Å². The molecule has 0 fully saturated rings. The number of benzene rings is 1. The smallest absolute Gasteiger partial charge is 0.119 e. The second-order valence-corrected chi connectivity index (χ2v) is 2.32. The first-order chi connectivity index (χ1) is 5.34. The SMILES string of the molecule is C=O.Oc1ccccc1CBr. The monoisotopic (exact) mass is 216 g/mol. The van der Waals surface area contributed by atoms with E-state index in [2.05, 4.69) is 15.9 Å². The van der Waals surface area contributed by atoms with E-state index in [4.69, 9.17) is 9.90 Å². The Bertz CT molecular complexity index is 213. The molecule has 3 heteroatoms. The summed E-state index contributed by atoms with van der Waals surface area (Å²) in [6, 6.07) is 7.26. The van der Waals surface area contributed by atoms with Crippen LogP contribution in [0.3, 0.4) is 0 Å². The van der Waals surface area contributed by atoms with Gasteiger partial charge in [-0.25, -0.2) is 0 Å². The lowest BCUT2D eigenvalue weighted by Gasteiger charge is -1.96. The van der Waals surface area contributed by atoms with E-state index in [9.17, 15) is 0 Å². The second-order valence-electron chi connectivity index (χ2n) is 1.76. The summed E-state index contributed by atoms with van der Waals surface area (Å²) >= 11 is 3.25. The maximum Gasteiger partial charge on any atom is 0.119 e. The standard InChI is InChI=1S/C7H7BrO.CH2O/c8-5-6-3-1-2-4-7(6)9;1-2/h1-4,9H,5H2;1H2. The number of phenolic OH excluding ortho intramolecular Hbond substituents is 1. The Morgan fingerprint density at radius 2 is 1.91 bits per heavy atom. The molecule has 0 aliphatic carbocycles. The third kappa shape index (κ3) is 3.18. The highest BCUT2D eigenvalue weighted by Crippen LogP contribution is 2.17. The van der Waals surface area contributed by atoms with Gasteiger partial charge in [0.2, 0.25) is 0 Å². The largest absolute Gasteiger partial charge is 0.508 e. The second kappa shape index (κ2) is 5.92. The zero-order valence-corrected chi connectivity index (χ0v) is 7.54. The van der Waals surface area contributed by atoms with Crippen LogP contribution in [0.4, 0.5) is 0 Å². The Morgan fingerprint density at radius 1 is 1.36 bits per heavy atom. The number of phenols is 1. The third-order valence-corrected chi connectivity index (χ3v) is 1.74. The van der Waals surface area contributed by atoms with E-state index in [0.29, 0.717) is 11.1 Å². The molecule has 0 unspecified atom stereocenters. The van der Waals surface area contributed by atoms with E-state index in [1.807, 2.05) is 25.0 Å². The molecule has 11 heavy (non-hydrogen) atoms. The summed E-state index contributed by atoms with van der Waals surface area (Å²) in [5.74, 6) is 0.356. The van der Waals surface area contributed by atoms with Crippen LogP contribution >= 0.6 is 15.9 Å². The lowest BCUT2D eigenvalue weighted by Crippen LogP contribution is -1.75. The molecule has 0 atom stereocenters. The van der Waals surface area contributed by atoms with Crippen molar-refractivity contribution in [3.05, 3.63) is 29.8 Å². The lowest BCUT2D eigenvalue weighted by atomic mass is 10.2. The summed E-state index contributed by atoms with van der Waals surface area (Å²) in [4.78, 5) is 8.00. The van der Waals surface area contributed by atoms with Crippen LogP contribution in [0.1, 0.15) is 5.56 Å². The first kappa shape index (κ1) is 10.2. The van der Waals surface area contributed by atoms with E-state index in [0.717, 1.165) is 5.56 Å². The molecule has 1 aromatic rings. The number of halogens is 1. The molecule has 1 aromatic carbocycles. The molecule has 1 N–H and O–H groups in total. The molecule has 0 aliphatic rings. The number of carbonyl (C=O) groups excluding carboxylic acids is 1. The molecular formula is C8H9BrO2. The van der Waals surface area contributed by atoms with Gasteiger partial charge in [0.25, 0.3) is 0 Å². The van der Waals surface area contributed by atoms with Crippen LogP contribution in [0.15, 0.2) is 24.3 Å². The van der Waals surface area contributed by atoms with Gasteiger partial charge in [-0.2, -0.15) is 0 Å². The Balaban J connectivity index is 0.000000461. The van der Waals surface area contributed by atoms with Gasteiger partial charge >= 0.3 is 0 Å². The van der Waals surface area contributed by atoms with Crippen molar-refractivity contribution in [3.63, 3.8) is 0 Å². The van der Waals surface area contributed by atoms with Crippen molar-refractivity contribution in [2.24, 2.45) is 0 Å². The van der Waals surface area contributed by atoms with Gasteiger partial charge in [0.1, 0.15) is 12.5 Å². The minimum Gasteiger partial charge on any atom is -0.508 e. The van der Waals surface area contributed by atoms with E-state index in [-0.39, 0.29) is 0 Å². The fraction of sp³-hybridized carbons (Fsp3) is 0.125. The van der Waals surface area contributed by atoms with Crippen molar-refractivity contribution in [2.45, 2.75) is 5.33 Å². The number of rotatable bonds is 1. The van der Waals surface area contributed by atoms with Crippen LogP contribution in [-0.2, 0) is 10.1 Å². The Morgan fingerprint density at radius 3 is 2.27 bits per heavy atom. The summed E-state index contributed by atoms with van der Waals surface area (Å²) in [5, 5.41) is 9.79. The molecule has 0 aliphatic heterocycles. The van der Waals surface area contributed by atoms with Crippen LogP contribution in [0.25, 0.3) is 0 Å². The highest BCUT2D eigenvalue weighted by atomic mass is 79.9. The fourth-order valence-corrected chi connectivity index (χ4v) is 1.10. The summed E-state index contributed by atoms with van der Waals surface area (Å²) in [6.45, 7) is 2.00. The zero-order valence-electron chi connectivity index (χ0n) is 5.96. The maximum atomic E-state index is 9.08. The van der Waals surface area contributed by atoms with Crippen LogP contribution in [0.5, 0.6) is 5.75 Å². The Hall–Kier alpha value is -0.830. The Kier molecular flexibility index (Phi) is 5.47. The molecule has 0 aromatic heterocycles. The highest BCUT2D eigenvalue weighted by Gasteiger charge is 1.93. The average Bonchev–Trinajstić information content (AvgIpc) is 2.09. The van der Waals surface area contributed by atoms with Crippen LogP contribution in [-0.4, -0.2) is 11.9 Å². The van der Waals surface area contributed by atoms with E-state index >= 15 is 0 Å². The fourth-order valence-electron chi connectivity index (χ4n) is 0.624. The number of carbonyl (C=O) groups is 1. The van der Waals surface area contributed by atoms with Gasteiger partial charge in [0, 0.05) is 10.9 Å². The molecule has 0 saturated carbocycles. The maximum absolute atomic E-state index is 9.08. The van der Waals surface area contributed by atoms with Gasteiger partial charge in [-0.15, -0.1) is 0 Å². The number of alkyl halides is 1. The summed E-state index contributed by atoms with van der Waals surface area (Å²) in [5.41, 5.74) is 0.928. The summed E-state index contributed by atoms with van der Waals surface area (Å²) in [7, 11) is 0. The molecule has 0 saturated heterocycles. The predicted octanol–water partition coefficient (Wildman–Crippen LogP) is 2.10. The lowest BCUT2D eigenvalue weighted by molar-refractivity contribution is -0.0979. The minimum atomic E-state index is 0.356. The summed E-state index contributed by atoms with van der Waals surface area (Å²) in [6.07, 6.45) is 0. The predicted molar refractivity (Wildman–Crippen MR) is 47.9 cm³/mol. The van der Waals surface area contributed by atoms with Crippen molar-refractivity contribution in [2.75, 3.05) is 0 Å². The molecule has 2 nitrogen and oxygen atoms in total. The molecule has 60 valence electrons. The van der Waals surface area contributed by atoms with Crippen molar-refractivity contribution < 1.29 is 9.90 Å². The third-order valence-electron chi connectivity index (χ3n) is 1.14. The number of hydrogen-bond donors (Lipinski definition) is 1. The van der Waals surface area contributed by atoms with Gasteiger partial charge in [0.15, 0.2) is 0 Å². The molecule has 0 bridgehead atoms. The zero-order chi connectivity index (χ0) is 8.69. The first-order valence-electron chi connectivity index (χ1n) is 2.96. The molecular weight excluding hydrogens is 208 g/mol. The van der Waals surface area contributed by atoms with Gasteiger partial charge in [-0.1, -0.05) is 34.1 Å². The van der Waals surface area contributed by atoms with Gasteiger partial charge in [-0.05, 0) is 6.07 Å². The van der Waals surface area contributed by atoms with E-state index in [1.165, 1.54) is 0 Å². The quantitative estimate of drug-likeness (QED) is 0.731. The van der Waals surface area contributed by atoms with E-state index < -0.39 is 0 Å². The molecule has 0 heterocycles.